The molecule has 6 rings (SSSR count). The SMILES string of the molecule is CCOc1cc(C2C(C(=O)Nc3cccc(C)c3C)=C(C)Nc3nc(SCc4ccccc4Cl)nn32)ccc1OCC(=O)N1CCOCC1. The van der Waals surface area contributed by atoms with Gasteiger partial charge in [-0.3, -0.25) is 9.59 Å². The molecule has 11 nitrogen and oxygen atoms in total. The Morgan fingerprint density at radius 1 is 1.04 bits per heavy atom. The number of aryl methyl sites for hydroxylation is 1. The number of rotatable bonds is 11. The molecule has 0 bridgehead atoms. The summed E-state index contributed by atoms with van der Waals surface area (Å²) >= 11 is 7.87. The minimum atomic E-state index is -0.660. The van der Waals surface area contributed by atoms with Crippen molar-refractivity contribution in [3.05, 3.63) is 99.2 Å². The Labute approximate surface area is 295 Å². The zero-order valence-electron chi connectivity index (χ0n) is 27.9. The van der Waals surface area contributed by atoms with Crippen LogP contribution in [0.25, 0.3) is 0 Å². The highest BCUT2D eigenvalue weighted by Crippen LogP contribution is 2.40. The van der Waals surface area contributed by atoms with E-state index in [0.29, 0.717) is 77.6 Å². The summed E-state index contributed by atoms with van der Waals surface area (Å²) in [6.45, 7) is 10.1. The predicted octanol–water partition coefficient (Wildman–Crippen LogP) is 6.40. The highest BCUT2D eigenvalue weighted by atomic mass is 35.5. The first-order chi connectivity index (χ1) is 23.7. The average Bonchev–Trinajstić information content (AvgIpc) is 3.51. The van der Waals surface area contributed by atoms with Gasteiger partial charge in [-0.05, 0) is 74.2 Å². The number of aromatic nitrogens is 3. The number of amides is 2. The fourth-order valence-corrected chi connectivity index (χ4v) is 6.87. The van der Waals surface area contributed by atoms with Gasteiger partial charge in [-0.1, -0.05) is 59.8 Å². The van der Waals surface area contributed by atoms with Crippen LogP contribution in [-0.4, -0.2) is 71.0 Å². The molecular weight excluding hydrogens is 664 g/mol. The number of halogens is 1. The third kappa shape index (κ3) is 7.71. The summed E-state index contributed by atoms with van der Waals surface area (Å²) in [7, 11) is 0. The van der Waals surface area contributed by atoms with E-state index < -0.39 is 6.04 Å². The molecule has 1 fully saturated rings. The molecule has 0 spiro atoms. The molecule has 1 aromatic heterocycles. The minimum absolute atomic E-state index is 0.119. The summed E-state index contributed by atoms with van der Waals surface area (Å²) in [6, 6.07) is 18.3. The molecule has 49 heavy (non-hydrogen) atoms. The molecule has 2 aliphatic heterocycles. The van der Waals surface area contributed by atoms with Crippen molar-refractivity contribution in [3.63, 3.8) is 0 Å². The number of allylic oxidation sites excluding steroid dienone is 1. The van der Waals surface area contributed by atoms with Crippen LogP contribution in [0, 0.1) is 13.8 Å². The molecule has 256 valence electrons. The predicted molar refractivity (Wildman–Crippen MR) is 191 cm³/mol. The Hall–Kier alpha value is -4.52. The lowest BCUT2D eigenvalue weighted by Gasteiger charge is -2.29. The number of ether oxygens (including phenoxy) is 3. The van der Waals surface area contributed by atoms with Crippen molar-refractivity contribution >= 4 is 46.8 Å². The van der Waals surface area contributed by atoms with E-state index in [1.807, 2.05) is 82.3 Å². The summed E-state index contributed by atoms with van der Waals surface area (Å²) in [6.07, 6.45) is 0. The maximum atomic E-state index is 14.2. The normalized spacial score (nSPS) is 15.8. The molecular formula is C36H39ClN6O5S. The number of nitrogens with one attached hydrogen (secondary N) is 2. The number of fused-ring (bicyclic) bond motifs is 1. The van der Waals surface area contributed by atoms with Gasteiger partial charge in [-0.2, -0.15) is 4.98 Å². The van der Waals surface area contributed by atoms with Crippen LogP contribution in [0.1, 0.15) is 42.1 Å². The smallest absolute Gasteiger partial charge is 0.260 e. The first-order valence-electron chi connectivity index (χ1n) is 16.2. The van der Waals surface area contributed by atoms with Gasteiger partial charge in [0.2, 0.25) is 11.1 Å². The number of morpholine rings is 1. The second-order valence-corrected chi connectivity index (χ2v) is 13.1. The zero-order chi connectivity index (χ0) is 34.5. The third-order valence-corrected chi connectivity index (χ3v) is 9.80. The Balaban J connectivity index is 1.34. The quantitative estimate of drug-likeness (QED) is 0.171. The number of thioether (sulfide) groups is 1. The number of anilines is 2. The second kappa shape index (κ2) is 15.4. The number of nitrogens with zero attached hydrogens (tertiary/aromatic N) is 4. The van der Waals surface area contributed by atoms with E-state index in [1.165, 1.54) is 11.8 Å². The molecule has 2 N–H and O–H groups in total. The van der Waals surface area contributed by atoms with Gasteiger partial charge in [0.15, 0.2) is 18.1 Å². The summed E-state index contributed by atoms with van der Waals surface area (Å²) < 4.78 is 19.1. The van der Waals surface area contributed by atoms with Gasteiger partial charge in [-0.15, -0.1) is 5.10 Å². The molecule has 4 aromatic rings. The number of hydrogen-bond donors (Lipinski definition) is 2. The van der Waals surface area contributed by atoms with Crippen LogP contribution in [0.5, 0.6) is 11.5 Å². The summed E-state index contributed by atoms with van der Waals surface area (Å²) in [5.41, 5.74) is 5.61. The topological polar surface area (TPSA) is 120 Å². The van der Waals surface area contributed by atoms with E-state index in [-0.39, 0.29) is 18.4 Å². The van der Waals surface area contributed by atoms with E-state index >= 15 is 0 Å². The Kier molecular flexibility index (Phi) is 10.8. The molecule has 1 atom stereocenters. The largest absolute Gasteiger partial charge is 0.490 e. The van der Waals surface area contributed by atoms with Crippen molar-refractivity contribution in [2.45, 2.75) is 44.6 Å². The maximum absolute atomic E-state index is 14.2. The van der Waals surface area contributed by atoms with Crippen molar-refractivity contribution in [1.29, 1.82) is 0 Å². The van der Waals surface area contributed by atoms with E-state index in [9.17, 15) is 9.59 Å². The summed E-state index contributed by atoms with van der Waals surface area (Å²) in [5.74, 6) is 1.56. The van der Waals surface area contributed by atoms with E-state index in [2.05, 4.69) is 10.6 Å². The molecule has 3 aromatic carbocycles. The molecule has 2 amide bonds. The van der Waals surface area contributed by atoms with Crippen molar-refractivity contribution < 1.29 is 23.8 Å². The van der Waals surface area contributed by atoms with Gasteiger partial charge in [0, 0.05) is 35.2 Å². The van der Waals surface area contributed by atoms with Gasteiger partial charge in [0.05, 0.1) is 25.4 Å². The minimum Gasteiger partial charge on any atom is -0.490 e. The lowest BCUT2D eigenvalue weighted by molar-refractivity contribution is -0.137. The van der Waals surface area contributed by atoms with Gasteiger partial charge in [-0.25, -0.2) is 4.68 Å². The number of benzene rings is 3. The summed E-state index contributed by atoms with van der Waals surface area (Å²) in [5, 5.41) is 12.5. The lowest BCUT2D eigenvalue weighted by atomic mass is 9.94. The van der Waals surface area contributed by atoms with E-state index in [1.54, 1.807) is 15.6 Å². The molecule has 0 saturated carbocycles. The van der Waals surface area contributed by atoms with E-state index in [0.717, 1.165) is 27.9 Å². The highest BCUT2D eigenvalue weighted by molar-refractivity contribution is 7.98. The number of carbonyl (C=O) groups is 2. The Morgan fingerprint density at radius 2 is 1.84 bits per heavy atom. The molecule has 0 aliphatic carbocycles. The molecule has 1 unspecified atom stereocenters. The molecule has 3 heterocycles. The van der Waals surface area contributed by atoms with Gasteiger partial charge in [0.25, 0.3) is 11.8 Å². The highest BCUT2D eigenvalue weighted by Gasteiger charge is 2.35. The zero-order valence-corrected chi connectivity index (χ0v) is 29.5. The van der Waals surface area contributed by atoms with Crippen LogP contribution >= 0.6 is 23.4 Å². The standard InChI is InChI=1S/C36H39ClN6O5S/c1-5-47-30-19-25(13-14-29(30)48-20-31(44)42-15-17-46-18-16-42)33-32(34(45)39-28-12-8-9-22(2)23(28)3)24(4)38-35-40-36(41-43(33)35)49-21-26-10-6-7-11-27(26)37/h6-14,19,33H,5,15-18,20-21H2,1-4H3,(H,39,45)(H,38,40,41). The van der Waals surface area contributed by atoms with Crippen molar-refractivity contribution in [2.75, 3.05) is 50.2 Å². The van der Waals surface area contributed by atoms with E-state index in [4.69, 9.17) is 35.9 Å². The fourth-order valence-electron chi connectivity index (χ4n) is 5.75. The molecule has 1 saturated heterocycles. The van der Waals surface area contributed by atoms with Gasteiger partial charge in [0.1, 0.15) is 6.04 Å². The van der Waals surface area contributed by atoms with Gasteiger partial charge < -0.3 is 29.7 Å². The first-order valence-corrected chi connectivity index (χ1v) is 17.5. The van der Waals surface area contributed by atoms with Crippen molar-refractivity contribution in [2.24, 2.45) is 0 Å². The van der Waals surface area contributed by atoms with Crippen molar-refractivity contribution in [3.8, 4) is 11.5 Å². The van der Waals surface area contributed by atoms with Crippen molar-refractivity contribution in [1.82, 2.24) is 19.7 Å². The van der Waals surface area contributed by atoms with Crippen LogP contribution in [0.3, 0.4) is 0 Å². The van der Waals surface area contributed by atoms with Crippen LogP contribution < -0.4 is 20.1 Å². The fraction of sp³-hybridized carbons (Fsp3) is 0.333. The monoisotopic (exact) mass is 702 g/mol. The number of hydrogen-bond acceptors (Lipinski definition) is 9. The maximum Gasteiger partial charge on any atom is 0.260 e. The Morgan fingerprint density at radius 3 is 2.61 bits per heavy atom. The van der Waals surface area contributed by atoms with Crippen LogP contribution in [0.4, 0.5) is 11.6 Å². The van der Waals surface area contributed by atoms with Crippen LogP contribution in [0.2, 0.25) is 5.02 Å². The molecule has 13 heteroatoms. The first kappa shape index (κ1) is 34.3. The molecule has 2 aliphatic rings. The lowest BCUT2D eigenvalue weighted by Crippen LogP contribution is -2.43. The van der Waals surface area contributed by atoms with Crippen LogP contribution in [-0.2, 0) is 20.1 Å². The summed E-state index contributed by atoms with van der Waals surface area (Å²) in [4.78, 5) is 33.5. The second-order valence-electron chi connectivity index (χ2n) is 11.7. The Bertz CT molecular complexity index is 1890. The molecule has 0 radical (unpaired) electrons. The van der Waals surface area contributed by atoms with Crippen LogP contribution in [0.15, 0.2) is 77.1 Å². The average molecular weight is 703 g/mol. The van der Waals surface area contributed by atoms with Gasteiger partial charge >= 0.3 is 0 Å². The number of carbonyl (C=O) groups excluding carboxylic acids is 2. The third-order valence-electron chi connectivity index (χ3n) is 8.54.